The van der Waals surface area contributed by atoms with E-state index < -0.39 is 0 Å². The first-order valence-corrected chi connectivity index (χ1v) is 9.33. The molecule has 1 aromatic heterocycles. The molecule has 1 aliphatic heterocycles. The maximum atomic E-state index is 12.9. The van der Waals surface area contributed by atoms with Gasteiger partial charge in [-0.2, -0.15) is 0 Å². The van der Waals surface area contributed by atoms with Gasteiger partial charge in [-0.15, -0.1) is 0 Å². The number of benzene rings is 1. The lowest BCUT2D eigenvalue weighted by Gasteiger charge is -2.22. The van der Waals surface area contributed by atoms with Gasteiger partial charge >= 0.3 is 0 Å². The summed E-state index contributed by atoms with van der Waals surface area (Å²) in [6.45, 7) is 6.77. The van der Waals surface area contributed by atoms with Gasteiger partial charge in [-0.05, 0) is 56.2 Å². The second kappa shape index (κ2) is 8.66. The maximum absolute atomic E-state index is 12.9. The van der Waals surface area contributed by atoms with E-state index in [0.29, 0.717) is 44.0 Å². The number of pyridine rings is 1. The number of hydrogen-bond donors (Lipinski definition) is 0. The van der Waals surface area contributed by atoms with Crippen molar-refractivity contribution in [2.24, 2.45) is 0 Å². The largest absolute Gasteiger partial charge is 0.494 e. The lowest BCUT2D eigenvalue weighted by atomic mass is 10.1. The summed E-state index contributed by atoms with van der Waals surface area (Å²) in [5.41, 5.74) is 2.05. The van der Waals surface area contributed by atoms with Crippen LogP contribution in [0.15, 0.2) is 42.6 Å². The number of amides is 2. The molecule has 0 spiro atoms. The fourth-order valence-corrected chi connectivity index (χ4v) is 3.26. The lowest BCUT2D eigenvalue weighted by molar-refractivity contribution is 0.0715. The van der Waals surface area contributed by atoms with Crippen molar-refractivity contribution < 1.29 is 14.3 Å². The molecule has 1 saturated heterocycles. The zero-order valence-electron chi connectivity index (χ0n) is 15.9. The molecule has 2 amide bonds. The Balaban J connectivity index is 1.66. The van der Waals surface area contributed by atoms with E-state index in [1.54, 1.807) is 23.2 Å². The number of carbonyl (C=O) groups excluding carboxylic acids is 2. The highest BCUT2D eigenvalue weighted by Gasteiger charge is 2.24. The number of hydrogen-bond acceptors (Lipinski definition) is 4. The third kappa shape index (κ3) is 4.45. The SMILES string of the molecule is CCOc1ccc(C(=O)N2CCCN(C(=O)c3ccccn3)CC2)cc1C. The van der Waals surface area contributed by atoms with E-state index >= 15 is 0 Å². The summed E-state index contributed by atoms with van der Waals surface area (Å²) in [4.78, 5) is 33.2. The Kier molecular flexibility index (Phi) is 6.06. The van der Waals surface area contributed by atoms with Crippen molar-refractivity contribution >= 4 is 11.8 Å². The molecule has 6 heteroatoms. The highest BCUT2D eigenvalue weighted by atomic mass is 16.5. The Hall–Kier alpha value is -2.89. The average Bonchev–Trinajstić information content (AvgIpc) is 2.95. The van der Waals surface area contributed by atoms with Crippen LogP contribution in [0.3, 0.4) is 0 Å². The molecule has 0 aliphatic carbocycles. The number of aryl methyl sites for hydroxylation is 1. The topological polar surface area (TPSA) is 62.7 Å². The van der Waals surface area contributed by atoms with E-state index in [2.05, 4.69) is 4.98 Å². The fraction of sp³-hybridized carbons (Fsp3) is 0.381. The molecule has 3 rings (SSSR count). The van der Waals surface area contributed by atoms with E-state index in [4.69, 9.17) is 4.74 Å². The van der Waals surface area contributed by atoms with E-state index in [0.717, 1.165) is 17.7 Å². The Bertz CT molecular complexity index is 808. The van der Waals surface area contributed by atoms with Gasteiger partial charge in [-0.25, -0.2) is 0 Å². The third-order valence-electron chi connectivity index (χ3n) is 4.68. The minimum absolute atomic E-state index is 0.00622. The summed E-state index contributed by atoms with van der Waals surface area (Å²) >= 11 is 0. The van der Waals surface area contributed by atoms with Gasteiger partial charge in [0.25, 0.3) is 11.8 Å². The number of carbonyl (C=O) groups is 2. The zero-order chi connectivity index (χ0) is 19.2. The van der Waals surface area contributed by atoms with Crippen LogP contribution in [0.5, 0.6) is 5.75 Å². The minimum atomic E-state index is -0.0817. The van der Waals surface area contributed by atoms with E-state index in [1.165, 1.54) is 0 Å². The smallest absolute Gasteiger partial charge is 0.272 e. The van der Waals surface area contributed by atoms with Crippen molar-refractivity contribution in [1.29, 1.82) is 0 Å². The third-order valence-corrected chi connectivity index (χ3v) is 4.68. The normalized spacial score (nSPS) is 14.6. The van der Waals surface area contributed by atoms with Gasteiger partial charge in [0.2, 0.25) is 0 Å². The standard InChI is InChI=1S/C21H25N3O3/c1-3-27-19-9-8-17(15-16(19)2)20(25)23-11-6-12-24(14-13-23)21(26)18-7-4-5-10-22-18/h4-5,7-10,15H,3,6,11-14H2,1-2H3. The molecule has 1 aromatic carbocycles. The van der Waals surface area contributed by atoms with Gasteiger partial charge in [0.05, 0.1) is 6.61 Å². The first-order valence-electron chi connectivity index (χ1n) is 9.33. The average molecular weight is 367 g/mol. The number of aromatic nitrogens is 1. The molecular formula is C21H25N3O3. The molecule has 0 atom stereocenters. The number of nitrogens with zero attached hydrogens (tertiary/aromatic N) is 3. The maximum Gasteiger partial charge on any atom is 0.272 e. The lowest BCUT2D eigenvalue weighted by Crippen LogP contribution is -2.37. The van der Waals surface area contributed by atoms with Crippen molar-refractivity contribution in [2.45, 2.75) is 20.3 Å². The Morgan fingerprint density at radius 2 is 1.78 bits per heavy atom. The molecule has 6 nitrogen and oxygen atoms in total. The molecule has 142 valence electrons. The highest BCUT2D eigenvalue weighted by molar-refractivity contribution is 5.95. The highest BCUT2D eigenvalue weighted by Crippen LogP contribution is 2.20. The predicted molar refractivity (Wildman–Crippen MR) is 103 cm³/mol. The van der Waals surface area contributed by atoms with Crippen LogP contribution in [-0.2, 0) is 0 Å². The van der Waals surface area contributed by atoms with Crippen molar-refractivity contribution in [2.75, 3.05) is 32.8 Å². The first-order chi connectivity index (χ1) is 13.1. The van der Waals surface area contributed by atoms with E-state index in [1.807, 2.05) is 43.0 Å². The van der Waals surface area contributed by atoms with Crippen LogP contribution in [0.2, 0.25) is 0 Å². The first kappa shape index (κ1) is 18.9. The summed E-state index contributed by atoms with van der Waals surface area (Å²) in [6.07, 6.45) is 2.37. The van der Waals surface area contributed by atoms with Crippen LogP contribution in [0.1, 0.15) is 39.8 Å². The second-order valence-corrected chi connectivity index (χ2v) is 6.57. The van der Waals surface area contributed by atoms with Crippen LogP contribution >= 0.6 is 0 Å². The quantitative estimate of drug-likeness (QED) is 0.834. The molecule has 0 radical (unpaired) electrons. The number of ether oxygens (including phenoxy) is 1. The molecule has 0 N–H and O–H groups in total. The minimum Gasteiger partial charge on any atom is -0.494 e. The summed E-state index contributed by atoms with van der Waals surface area (Å²) in [7, 11) is 0. The predicted octanol–water partition coefficient (Wildman–Crippen LogP) is 2.78. The van der Waals surface area contributed by atoms with Crippen molar-refractivity contribution in [1.82, 2.24) is 14.8 Å². The molecule has 0 saturated carbocycles. The van der Waals surface area contributed by atoms with Crippen LogP contribution in [0.4, 0.5) is 0 Å². The monoisotopic (exact) mass is 367 g/mol. The summed E-state index contributed by atoms with van der Waals surface area (Å²) in [5.74, 6) is 0.715. The van der Waals surface area contributed by atoms with Gasteiger partial charge in [0.15, 0.2) is 0 Å². The Morgan fingerprint density at radius 3 is 2.41 bits per heavy atom. The molecular weight excluding hydrogens is 342 g/mol. The van der Waals surface area contributed by atoms with Crippen molar-refractivity contribution in [3.63, 3.8) is 0 Å². The molecule has 27 heavy (non-hydrogen) atoms. The summed E-state index contributed by atoms with van der Waals surface area (Å²) in [6, 6.07) is 10.8. The van der Waals surface area contributed by atoms with Crippen molar-refractivity contribution in [3.8, 4) is 5.75 Å². The Morgan fingerprint density at radius 1 is 1.04 bits per heavy atom. The van der Waals surface area contributed by atoms with Crippen LogP contribution < -0.4 is 4.74 Å². The van der Waals surface area contributed by atoms with Gasteiger partial charge in [-0.3, -0.25) is 14.6 Å². The second-order valence-electron chi connectivity index (χ2n) is 6.57. The summed E-state index contributed by atoms with van der Waals surface area (Å²) < 4.78 is 5.54. The van der Waals surface area contributed by atoms with Crippen LogP contribution in [0, 0.1) is 6.92 Å². The van der Waals surface area contributed by atoms with Gasteiger partial charge in [0.1, 0.15) is 11.4 Å². The molecule has 0 bridgehead atoms. The van der Waals surface area contributed by atoms with Crippen LogP contribution in [-0.4, -0.2) is 59.4 Å². The molecule has 1 fully saturated rings. The molecule has 0 unspecified atom stereocenters. The zero-order valence-corrected chi connectivity index (χ0v) is 15.9. The fourth-order valence-electron chi connectivity index (χ4n) is 3.26. The van der Waals surface area contributed by atoms with Crippen molar-refractivity contribution in [3.05, 3.63) is 59.4 Å². The summed E-state index contributed by atoms with van der Waals surface area (Å²) in [5, 5.41) is 0. The molecule has 2 aromatic rings. The Labute approximate surface area is 159 Å². The number of rotatable bonds is 4. The van der Waals surface area contributed by atoms with E-state index in [9.17, 15) is 9.59 Å². The van der Waals surface area contributed by atoms with Gasteiger partial charge in [-0.1, -0.05) is 6.07 Å². The van der Waals surface area contributed by atoms with Gasteiger partial charge in [0, 0.05) is 37.9 Å². The van der Waals surface area contributed by atoms with Gasteiger partial charge < -0.3 is 14.5 Å². The van der Waals surface area contributed by atoms with Crippen LogP contribution in [0.25, 0.3) is 0 Å². The molecule has 1 aliphatic rings. The van der Waals surface area contributed by atoms with E-state index in [-0.39, 0.29) is 11.8 Å². The molecule has 2 heterocycles.